The maximum Gasteiger partial charge on any atom is 0.255 e. The predicted octanol–water partition coefficient (Wildman–Crippen LogP) is 2.82. The zero-order chi connectivity index (χ0) is 15.4. The van der Waals surface area contributed by atoms with Gasteiger partial charge in [0.1, 0.15) is 0 Å². The molecule has 0 fully saturated rings. The van der Waals surface area contributed by atoms with Gasteiger partial charge in [-0.3, -0.25) is 9.78 Å². The molecule has 2 aromatic rings. The molecule has 0 bridgehead atoms. The quantitative estimate of drug-likeness (QED) is 0.945. The Balaban J connectivity index is 2.29. The third-order valence-corrected chi connectivity index (χ3v) is 3.74. The summed E-state index contributed by atoms with van der Waals surface area (Å²) < 4.78 is 0. The van der Waals surface area contributed by atoms with Gasteiger partial charge in [-0.25, -0.2) is 0 Å². The number of nitrogens with two attached hydrogens (primary N) is 1. The summed E-state index contributed by atoms with van der Waals surface area (Å²) in [6.45, 7) is 2.33. The van der Waals surface area contributed by atoms with Crippen molar-refractivity contribution < 1.29 is 4.79 Å². The monoisotopic (exact) mass is 303 g/mol. The van der Waals surface area contributed by atoms with Gasteiger partial charge in [0.15, 0.2) is 0 Å². The SMILES string of the molecule is CC(CN)N(C)C(=O)c1cncc(-c2ccc(Cl)cc2)c1. The molecule has 4 nitrogen and oxygen atoms in total. The van der Waals surface area contributed by atoms with Crippen molar-refractivity contribution in [2.75, 3.05) is 13.6 Å². The summed E-state index contributed by atoms with van der Waals surface area (Å²) in [7, 11) is 1.74. The van der Waals surface area contributed by atoms with Crippen molar-refractivity contribution in [2.24, 2.45) is 5.73 Å². The first-order valence-electron chi connectivity index (χ1n) is 6.71. The van der Waals surface area contributed by atoms with Crippen LogP contribution < -0.4 is 5.73 Å². The van der Waals surface area contributed by atoms with E-state index in [4.69, 9.17) is 17.3 Å². The maximum atomic E-state index is 12.4. The van der Waals surface area contributed by atoms with E-state index in [-0.39, 0.29) is 11.9 Å². The van der Waals surface area contributed by atoms with Gasteiger partial charge in [0.2, 0.25) is 0 Å². The standard InChI is InChI=1S/C16H18ClN3O/c1-11(8-18)20(2)16(21)14-7-13(9-19-10-14)12-3-5-15(17)6-4-12/h3-7,9-11H,8,18H2,1-2H3. The average molecular weight is 304 g/mol. The molecule has 0 aliphatic heterocycles. The Labute approximate surface area is 129 Å². The van der Waals surface area contributed by atoms with Crippen LogP contribution in [0.5, 0.6) is 0 Å². The predicted molar refractivity (Wildman–Crippen MR) is 85.3 cm³/mol. The number of aromatic nitrogens is 1. The number of rotatable bonds is 4. The fraction of sp³-hybridized carbons (Fsp3) is 0.250. The summed E-state index contributed by atoms with van der Waals surface area (Å²) >= 11 is 5.88. The Bertz CT molecular complexity index is 628. The van der Waals surface area contributed by atoms with Crippen LogP contribution in [0.1, 0.15) is 17.3 Å². The zero-order valence-electron chi connectivity index (χ0n) is 12.1. The fourth-order valence-electron chi connectivity index (χ4n) is 1.92. The van der Waals surface area contributed by atoms with Crippen LogP contribution in [-0.2, 0) is 0 Å². The van der Waals surface area contributed by atoms with E-state index < -0.39 is 0 Å². The maximum absolute atomic E-state index is 12.4. The summed E-state index contributed by atoms with van der Waals surface area (Å²) in [5.41, 5.74) is 8.00. The van der Waals surface area contributed by atoms with E-state index in [1.54, 1.807) is 24.3 Å². The molecule has 1 aromatic heterocycles. The van der Waals surface area contributed by atoms with E-state index >= 15 is 0 Å². The van der Waals surface area contributed by atoms with Gasteiger partial charge in [-0.15, -0.1) is 0 Å². The number of hydrogen-bond donors (Lipinski definition) is 1. The van der Waals surface area contributed by atoms with Gasteiger partial charge in [-0.1, -0.05) is 23.7 Å². The molecule has 0 radical (unpaired) electrons. The normalized spacial score (nSPS) is 12.0. The van der Waals surface area contributed by atoms with Crippen molar-refractivity contribution in [2.45, 2.75) is 13.0 Å². The average Bonchev–Trinajstić information content (AvgIpc) is 2.53. The molecule has 0 aliphatic carbocycles. The van der Waals surface area contributed by atoms with E-state index in [1.165, 1.54) is 0 Å². The Morgan fingerprint density at radius 1 is 1.29 bits per heavy atom. The van der Waals surface area contributed by atoms with Crippen molar-refractivity contribution in [1.29, 1.82) is 0 Å². The smallest absolute Gasteiger partial charge is 0.255 e. The highest BCUT2D eigenvalue weighted by Crippen LogP contribution is 2.22. The van der Waals surface area contributed by atoms with E-state index in [0.29, 0.717) is 17.1 Å². The molecule has 5 heteroatoms. The Morgan fingerprint density at radius 3 is 2.57 bits per heavy atom. The Kier molecular flexibility index (Phi) is 4.94. The first-order chi connectivity index (χ1) is 10.0. The minimum Gasteiger partial charge on any atom is -0.338 e. The van der Waals surface area contributed by atoms with E-state index in [2.05, 4.69) is 4.98 Å². The first-order valence-corrected chi connectivity index (χ1v) is 7.09. The number of carbonyl (C=O) groups excluding carboxylic acids is 1. The highest BCUT2D eigenvalue weighted by molar-refractivity contribution is 6.30. The van der Waals surface area contributed by atoms with Crippen molar-refractivity contribution in [3.05, 3.63) is 53.3 Å². The minimum atomic E-state index is -0.0868. The van der Waals surface area contributed by atoms with E-state index in [9.17, 15) is 4.79 Å². The van der Waals surface area contributed by atoms with Crippen LogP contribution >= 0.6 is 11.6 Å². The van der Waals surface area contributed by atoms with Gasteiger partial charge >= 0.3 is 0 Å². The molecule has 0 aliphatic rings. The summed E-state index contributed by atoms with van der Waals surface area (Å²) in [6.07, 6.45) is 3.30. The van der Waals surface area contributed by atoms with Gasteiger partial charge in [0, 0.05) is 42.6 Å². The summed E-state index contributed by atoms with van der Waals surface area (Å²) in [6, 6.07) is 9.25. The molecule has 1 amide bonds. The summed E-state index contributed by atoms with van der Waals surface area (Å²) in [5, 5.41) is 0.676. The molecule has 1 atom stereocenters. The second-order valence-corrected chi connectivity index (χ2v) is 5.41. The highest BCUT2D eigenvalue weighted by Gasteiger charge is 2.17. The molecule has 21 heavy (non-hydrogen) atoms. The molecule has 110 valence electrons. The third-order valence-electron chi connectivity index (χ3n) is 3.49. The van der Waals surface area contributed by atoms with Gasteiger partial charge in [0.05, 0.1) is 5.56 Å². The number of carbonyl (C=O) groups is 1. The fourth-order valence-corrected chi connectivity index (χ4v) is 2.05. The van der Waals surface area contributed by atoms with Crippen LogP contribution in [0.4, 0.5) is 0 Å². The van der Waals surface area contributed by atoms with Crippen LogP contribution in [0, 0.1) is 0 Å². The lowest BCUT2D eigenvalue weighted by Gasteiger charge is -2.23. The molecule has 1 heterocycles. The van der Waals surface area contributed by atoms with Crippen LogP contribution in [0.3, 0.4) is 0 Å². The number of nitrogens with zero attached hydrogens (tertiary/aromatic N) is 2. The second-order valence-electron chi connectivity index (χ2n) is 4.97. The third kappa shape index (κ3) is 3.60. The van der Waals surface area contributed by atoms with E-state index in [0.717, 1.165) is 11.1 Å². The lowest BCUT2D eigenvalue weighted by molar-refractivity contribution is 0.0748. The Hall–Kier alpha value is -1.91. The molecule has 2 rings (SSSR count). The van der Waals surface area contributed by atoms with Gasteiger partial charge < -0.3 is 10.6 Å². The molecule has 1 aromatic carbocycles. The van der Waals surface area contributed by atoms with Crippen molar-refractivity contribution in [3.63, 3.8) is 0 Å². The molecule has 0 saturated carbocycles. The minimum absolute atomic E-state index is 0.0170. The molecule has 0 saturated heterocycles. The van der Waals surface area contributed by atoms with Crippen LogP contribution in [0.2, 0.25) is 5.02 Å². The molecular formula is C16H18ClN3O. The number of amides is 1. The van der Waals surface area contributed by atoms with Crippen LogP contribution in [0.25, 0.3) is 11.1 Å². The van der Waals surface area contributed by atoms with E-state index in [1.807, 2.05) is 37.3 Å². The van der Waals surface area contributed by atoms with Gasteiger partial charge in [0.25, 0.3) is 5.91 Å². The molecule has 2 N–H and O–H groups in total. The van der Waals surface area contributed by atoms with Crippen LogP contribution in [0.15, 0.2) is 42.7 Å². The topological polar surface area (TPSA) is 59.2 Å². The largest absolute Gasteiger partial charge is 0.338 e. The second kappa shape index (κ2) is 6.70. The van der Waals surface area contributed by atoms with Crippen molar-refractivity contribution in [1.82, 2.24) is 9.88 Å². The van der Waals surface area contributed by atoms with Gasteiger partial charge in [-0.2, -0.15) is 0 Å². The van der Waals surface area contributed by atoms with Crippen molar-refractivity contribution >= 4 is 17.5 Å². The number of halogens is 1. The van der Waals surface area contributed by atoms with Gasteiger partial charge in [-0.05, 0) is 30.7 Å². The lowest BCUT2D eigenvalue weighted by Crippen LogP contribution is -2.39. The molecule has 0 spiro atoms. The number of likely N-dealkylation sites (N-methyl/N-ethyl adjacent to an activating group) is 1. The lowest BCUT2D eigenvalue weighted by atomic mass is 10.1. The number of pyridine rings is 1. The molecular weight excluding hydrogens is 286 g/mol. The summed E-state index contributed by atoms with van der Waals surface area (Å²) in [4.78, 5) is 18.2. The Morgan fingerprint density at radius 2 is 1.95 bits per heavy atom. The summed E-state index contributed by atoms with van der Waals surface area (Å²) in [5.74, 6) is -0.0868. The number of benzene rings is 1. The molecule has 1 unspecified atom stereocenters. The van der Waals surface area contributed by atoms with Crippen molar-refractivity contribution in [3.8, 4) is 11.1 Å². The zero-order valence-corrected chi connectivity index (χ0v) is 12.8. The van der Waals surface area contributed by atoms with Crippen LogP contribution in [-0.4, -0.2) is 35.4 Å². The highest BCUT2D eigenvalue weighted by atomic mass is 35.5. The number of hydrogen-bond acceptors (Lipinski definition) is 3. The first kappa shape index (κ1) is 15.5.